The lowest BCUT2D eigenvalue weighted by Gasteiger charge is -2.30. The van der Waals surface area contributed by atoms with Gasteiger partial charge >= 0.3 is 0 Å². The molecule has 0 aliphatic carbocycles. The number of carbonyl (C=O) groups is 3. The molecule has 1 fully saturated rings. The van der Waals surface area contributed by atoms with E-state index in [-0.39, 0.29) is 24.3 Å². The number of anilines is 1. The number of nitrogens with two attached hydrogens (primary N) is 1. The molecule has 9 nitrogen and oxygen atoms in total. The molecule has 1 aromatic carbocycles. The maximum atomic E-state index is 12.3. The third kappa shape index (κ3) is 4.80. The van der Waals surface area contributed by atoms with E-state index in [1.54, 1.807) is 28.9 Å². The van der Waals surface area contributed by atoms with Crippen LogP contribution in [0.25, 0.3) is 0 Å². The van der Waals surface area contributed by atoms with Crippen molar-refractivity contribution in [1.82, 2.24) is 20.4 Å². The third-order valence-electron chi connectivity index (χ3n) is 5.01. The fraction of sp³-hybridized carbons (Fsp3) is 0.400. The summed E-state index contributed by atoms with van der Waals surface area (Å²) in [6.07, 6.45) is 0.852. The second kappa shape index (κ2) is 8.44. The van der Waals surface area contributed by atoms with Gasteiger partial charge in [0.2, 0.25) is 17.7 Å². The first-order valence-electron chi connectivity index (χ1n) is 9.54. The average Bonchev–Trinajstić information content (AvgIpc) is 2.93. The molecule has 2 unspecified atom stereocenters. The molecule has 5 N–H and O–H groups in total. The lowest BCUT2D eigenvalue weighted by molar-refractivity contribution is -0.125. The highest BCUT2D eigenvalue weighted by Crippen LogP contribution is 2.20. The van der Waals surface area contributed by atoms with E-state index in [9.17, 15) is 14.4 Å². The van der Waals surface area contributed by atoms with Crippen molar-refractivity contribution in [3.05, 3.63) is 46.8 Å². The third-order valence-corrected chi connectivity index (χ3v) is 5.01. The van der Waals surface area contributed by atoms with E-state index >= 15 is 0 Å². The largest absolute Gasteiger partial charge is 0.366 e. The summed E-state index contributed by atoms with van der Waals surface area (Å²) in [5, 5.41) is 13.6. The van der Waals surface area contributed by atoms with Crippen LogP contribution < -0.4 is 21.7 Å². The number of aryl methyl sites for hydroxylation is 1. The predicted molar refractivity (Wildman–Crippen MR) is 108 cm³/mol. The second-order valence-corrected chi connectivity index (χ2v) is 7.33. The molecule has 1 aliphatic rings. The maximum absolute atomic E-state index is 12.3. The van der Waals surface area contributed by atoms with Crippen LogP contribution in [0.3, 0.4) is 0 Å². The number of hydrogen-bond donors (Lipinski definition) is 4. The molecule has 0 saturated carbocycles. The van der Waals surface area contributed by atoms with Gasteiger partial charge in [0, 0.05) is 35.8 Å². The molecular formula is C20H26N6O3. The highest BCUT2D eigenvalue weighted by Gasteiger charge is 2.26. The van der Waals surface area contributed by atoms with Gasteiger partial charge in [-0.3, -0.25) is 19.7 Å². The Balaban J connectivity index is 1.63. The van der Waals surface area contributed by atoms with Crippen LogP contribution in [0, 0.1) is 13.8 Å². The number of hydrogen-bond acceptors (Lipinski definition) is 5. The van der Waals surface area contributed by atoms with Crippen LogP contribution >= 0.6 is 0 Å². The summed E-state index contributed by atoms with van der Waals surface area (Å²) >= 11 is 0. The summed E-state index contributed by atoms with van der Waals surface area (Å²) in [6.45, 7) is 5.79. The minimum Gasteiger partial charge on any atom is -0.366 e. The Labute approximate surface area is 169 Å². The van der Waals surface area contributed by atoms with Crippen molar-refractivity contribution in [3.63, 3.8) is 0 Å². The fourth-order valence-electron chi connectivity index (χ4n) is 3.48. The number of nitrogens with zero attached hydrogens (tertiary/aromatic N) is 2. The van der Waals surface area contributed by atoms with Crippen LogP contribution in [0.1, 0.15) is 53.4 Å². The van der Waals surface area contributed by atoms with Gasteiger partial charge in [0.15, 0.2) is 6.29 Å². The number of benzene rings is 1. The Hall–Kier alpha value is -3.20. The summed E-state index contributed by atoms with van der Waals surface area (Å²) in [6, 6.07) is 6.50. The molecule has 3 rings (SSSR count). The molecule has 29 heavy (non-hydrogen) atoms. The van der Waals surface area contributed by atoms with Crippen molar-refractivity contribution >= 4 is 23.4 Å². The van der Waals surface area contributed by atoms with Crippen LogP contribution in [0.4, 0.5) is 5.69 Å². The lowest BCUT2D eigenvalue weighted by atomic mass is 10.1. The smallest absolute Gasteiger partial charge is 0.248 e. The minimum atomic E-state index is -0.510. The molecule has 2 aromatic rings. The monoisotopic (exact) mass is 398 g/mol. The van der Waals surface area contributed by atoms with Crippen LogP contribution in [-0.2, 0) is 16.0 Å². The molecule has 154 valence electrons. The van der Waals surface area contributed by atoms with E-state index in [2.05, 4.69) is 21.0 Å². The van der Waals surface area contributed by atoms with Gasteiger partial charge in [-0.05, 0) is 57.0 Å². The SMILES string of the molecule is Cc1nn(C2NC(=O)CC(C)N2)c(C)c1CCC(=O)Nc1ccc(C(N)=O)cc1. The molecule has 0 spiro atoms. The van der Waals surface area contributed by atoms with Gasteiger partial charge in [-0.25, -0.2) is 4.68 Å². The van der Waals surface area contributed by atoms with Crippen LogP contribution in [0.2, 0.25) is 0 Å². The molecule has 0 radical (unpaired) electrons. The van der Waals surface area contributed by atoms with Gasteiger partial charge in [0.1, 0.15) is 0 Å². The first-order valence-corrected chi connectivity index (χ1v) is 9.54. The molecule has 0 bridgehead atoms. The Morgan fingerprint density at radius 3 is 2.59 bits per heavy atom. The number of primary amides is 1. The van der Waals surface area contributed by atoms with Crippen molar-refractivity contribution in [2.45, 2.75) is 52.4 Å². The van der Waals surface area contributed by atoms with Crippen molar-refractivity contribution in [2.75, 3.05) is 5.32 Å². The quantitative estimate of drug-likeness (QED) is 0.579. The normalized spacial score (nSPS) is 18.9. The van der Waals surface area contributed by atoms with Crippen molar-refractivity contribution in [2.24, 2.45) is 5.73 Å². The Kier molecular flexibility index (Phi) is 5.97. The summed E-state index contributed by atoms with van der Waals surface area (Å²) in [5.41, 5.74) is 8.93. The Morgan fingerprint density at radius 1 is 1.28 bits per heavy atom. The van der Waals surface area contributed by atoms with E-state index in [0.29, 0.717) is 24.1 Å². The second-order valence-electron chi connectivity index (χ2n) is 7.33. The summed E-state index contributed by atoms with van der Waals surface area (Å²) in [4.78, 5) is 35.3. The van der Waals surface area contributed by atoms with E-state index in [4.69, 9.17) is 5.73 Å². The summed E-state index contributed by atoms with van der Waals surface area (Å²) < 4.78 is 1.76. The number of amides is 3. The maximum Gasteiger partial charge on any atom is 0.248 e. The molecule has 3 amide bonds. The number of aromatic nitrogens is 2. The summed E-state index contributed by atoms with van der Waals surface area (Å²) in [5.74, 6) is -0.665. The van der Waals surface area contributed by atoms with Gasteiger partial charge in [-0.1, -0.05) is 0 Å². The topological polar surface area (TPSA) is 131 Å². The molecule has 1 saturated heterocycles. The van der Waals surface area contributed by atoms with E-state index in [0.717, 1.165) is 17.0 Å². The highest BCUT2D eigenvalue weighted by molar-refractivity contribution is 5.94. The molecule has 1 aromatic heterocycles. The van der Waals surface area contributed by atoms with Crippen molar-refractivity contribution in [1.29, 1.82) is 0 Å². The molecule has 2 heterocycles. The first kappa shape index (κ1) is 20.5. The molecule has 9 heteroatoms. The zero-order chi connectivity index (χ0) is 21.1. The van der Waals surface area contributed by atoms with Gasteiger partial charge < -0.3 is 16.4 Å². The van der Waals surface area contributed by atoms with Crippen LogP contribution in [-0.4, -0.2) is 33.5 Å². The van der Waals surface area contributed by atoms with Gasteiger partial charge in [-0.15, -0.1) is 0 Å². The van der Waals surface area contributed by atoms with Crippen LogP contribution in [0.5, 0.6) is 0 Å². The first-order chi connectivity index (χ1) is 13.7. The van der Waals surface area contributed by atoms with Crippen LogP contribution in [0.15, 0.2) is 24.3 Å². The van der Waals surface area contributed by atoms with Gasteiger partial charge in [-0.2, -0.15) is 5.10 Å². The Bertz CT molecular complexity index is 934. The van der Waals surface area contributed by atoms with E-state index in [1.165, 1.54) is 0 Å². The zero-order valence-corrected chi connectivity index (χ0v) is 16.8. The van der Waals surface area contributed by atoms with E-state index in [1.807, 2.05) is 20.8 Å². The zero-order valence-electron chi connectivity index (χ0n) is 16.8. The molecule has 2 atom stereocenters. The number of carbonyl (C=O) groups excluding carboxylic acids is 3. The standard InChI is InChI=1S/C20H26N6O3/c1-11-10-18(28)24-20(22-11)26-13(3)16(12(2)25-26)8-9-17(27)23-15-6-4-14(5-7-15)19(21)29/h4-7,11,20,22H,8-10H2,1-3H3,(H2,21,29)(H,23,27)(H,24,28). The number of rotatable bonds is 6. The van der Waals surface area contributed by atoms with Gasteiger partial charge in [0.25, 0.3) is 0 Å². The fourth-order valence-corrected chi connectivity index (χ4v) is 3.48. The van der Waals surface area contributed by atoms with Crippen molar-refractivity contribution < 1.29 is 14.4 Å². The lowest BCUT2D eigenvalue weighted by Crippen LogP contribution is -2.52. The van der Waals surface area contributed by atoms with E-state index < -0.39 is 12.2 Å². The molecule has 1 aliphatic heterocycles. The Morgan fingerprint density at radius 2 is 1.97 bits per heavy atom. The summed E-state index contributed by atoms with van der Waals surface area (Å²) in [7, 11) is 0. The minimum absolute atomic E-state index is 0.0166. The number of nitrogens with one attached hydrogen (secondary N) is 3. The highest BCUT2D eigenvalue weighted by atomic mass is 16.2. The average molecular weight is 398 g/mol. The molecular weight excluding hydrogens is 372 g/mol. The van der Waals surface area contributed by atoms with Gasteiger partial charge in [0.05, 0.1) is 5.69 Å². The predicted octanol–water partition coefficient (Wildman–Crippen LogP) is 1.12. The van der Waals surface area contributed by atoms with Crippen molar-refractivity contribution in [3.8, 4) is 0 Å².